The van der Waals surface area contributed by atoms with E-state index < -0.39 is 107 Å². The Morgan fingerprint density at radius 2 is 0.838 bits per heavy atom. The molecule has 9 atom stereocenters. The third kappa shape index (κ3) is 12.8. The van der Waals surface area contributed by atoms with E-state index in [1.807, 2.05) is 6.20 Å². The molecule has 0 radical (unpaired) electrons. The molecule has 3 saturated carbocycles. The molecule has 7 unspecified atom stereocenters. The summed E-state index contributed by atoms with van der Waals surface area (Å²) in [5.41, 5.74) is 3.44. The molecule has 3 aromatic carbocycles. The van der Waals surface area contributed by atoms with Crippen molar-refractivity contribution in [2.24, 2.45) is 10.2 Å². The van der Waals surface area contributed by atoms with Crippen molar-refractivity contribution < 1.29 is 67.1 Å². The molecule has 8 aliphatic rings. The zero-order valence-corrected chi connectivity index (χ0v) is 58.8. The predicted molar refractivity (Wildman–Crippen MR) is 374 cm³/mol. The molecular formula is C75H63F12N21O3. The van der Waals surface area contributed by atoms with Gasteiger partial charge in [0.25, 0.3) is 17.7 Å². The summed E-state index contributed by atoms with van der Waals surface area (Å²) in [6, 6.07) is 13.9. The summed E-state index contributed by atoms with van der Waals surface area (Å²) >= 11 is 0. The minimum Gasteiger partial charge on any atom is -0.319 e. The lowest BCUT2D eigenvalue weighted by Crippen LogP contribution is -2.48. The second kappa shape index (κ2) is 26.1. The number of carbonyl (C=O) groups excluding carboxylic acids is 3. The number of nitrogens with one attached hydrogen (secondary N) is 3. The van der Waals surface area contributed by atoms with Crippen LogP contribution in [0.5, 0.6) is 0 Å². The number of imidazole rings is 3. The molecular weight excluding hydrogens is 1470 g/mol. The number of halogens is 12. The Labute approximate surface area is 622 Å². The maximum Gasteiger partial charge on any atom is 0.409 e. The van der Waals surface area contributed by atoms with Crippen molar-refractivity contribution in [3.63, 3.8) is 0 Å². The number of amidine groups is 2. The standard InChI is InChI=1S/C75H63F12N21O3/c1-35-21-44(76)39(24-53(35)101-29-50(88-32-101)38-13-14-38)71(110)95-62-11-5-8-48(92-62)68-99-107(65-19-16-59(105(65)68)74(82,83)84)57-28-43(57)52-31-103(34-90-52)55-26-41(46(78)23-37(55)3)72(111)96-63-12-6-9-49(93-63)69-100-108(66-20-17-60(106(66)69)75(85,86)87)56-27-42(56)51-30-102(33-89-51)54-25-40(45(77)22-36(54)2)70(109)94-61-10-4-7-47(91-61)67-98-97-64-18-15-58(104(64)67)73(79,80)81/h4-12,21-26,29-34,38,42-43,56-60,65-66H,13-20,27-28H2,1-3H3,(H,91,94,109)(H,92,95,110)(H,93,96,111)/t42?,43?,56?,57?,58-,59+,60?,65?,66?/m1/s1. The highest BCUT2D eigenvalue weighted by Gasteiger charge is 2.61. The van der Waals surface area contributed by atoms with E-state index in [2.05, 4.69) is 56.1 Å². The van der Waals surface area contributed by atoms with Crippen molar-refractivity contribution in [1.82, 2.24) is 78.2 Å². The average molecular weight is 1530 g/mol. The fourth-order valence-electron chi connectivity index (χ4n) is 16.2. The van der Waals surface area contributed by atoms with Crippen molar-refractivity contribution in [2.45, 2.75) is 164 Å². The van der Waals surface area contributed by atoms with Gasteiger partial charge >= 0.3 is 18.5 Å². The van der Waals surface area contributed by atoms with Crippen LogP contribution in [0, 0.1) is 38.2 Å². The first kappa shape index (κ1) is 70.7. The maximum atomic E-state index is 16.1. The Kier molecular flexibility index (Phi) is 16.6. The van der Waals surface area contributed by atoms with E-state index in [9.17, 15) is 40.7 Å². The van der Waals surface area contributed by atoms with Crippen molar-refractivity contribution in [1.29, 1.82) is 0 Å². The molecule has 5 aliphatic heterocycles. The van der Waals surface area contributed by atoms with E-state index in [0.29, 0.717) is 63.9 Å². The number of benzene rings is 3. The number of alkyl halides is 9. The minimum atomic E-state index is -4.70. The normalized spacial score (nSPS) is 22.6. The van der Waals surface area contributed by atoms with Gasteiger partial charge in [-0.25, -0.2) is 43.1 Å². The second-order valence-corrected chi connectivity index (χ2v) is 29.2. The van der Waals surface area contributed by atoms with Crippen molar-refractivity contribution >= 4 is 46.8 Å². The lowest BCUT2D eigenvalue weighted by molar-refractivity contribution is -0.171. The van der Waals surface area contributed by atoms with Crippen molar-refractivity contribution in [3.8, 4) is 28.6 Å². The van der Waals surface area contributed by atoms with Crippen molar-refractivity contribution in [3.05, 3.63) is 214 Å². The molecule has 3 N–H and O–H groups in total. The van der Waals surface area contributed by atoms with E-state index in [1.165, 1.54) is 101 Å². The molecule has 12 heterocycles. The number of fused-ring (bicyclic) bond motifs is 3. The maximum absolute atomic E-state index is 16.1. The SMILES string of the molecule is Cc1cc(F)c(C(=O)Nc2cccc(C3=NN(C4CC4c4cn(-c5cc(C(=O)Nc6cccc(-c7nnc8n7[C@@H](C(F)(F)F)CC8)n6)c(F)cc5C)cn4)C4CCC(C(F)(F)F)N34)n2)cc1-n1cnc(C2CC2N2N=C(c3cccc(NC(=O)c4cc(-n5cnc(C6CC6)c5)c(C)cc4F)n3)N3C2CC[C@H]3C(F)(F)F)c1. The highest BCUT2D eigenvalue weighted by atomic mass is 19.4. The minimum absolute atomic E-state index is 0.00394. The van der Waals surface area contributed by atoms with Gasteiger partial charge in [0.1, 0.15) is 88.3 Å². The van der Waals surface area contributed by atoms with Gasteiger partial charge in [0, 0.05) is 42.8 Å². The number of hydrogen-bond acceptors (Lipinski definition) is 17. The molecule has 0 bridgehead atoms. The van der Waals surface area contributed by atoms with Gasteiger partial charge in [-0.2, -0.15) is 49.7 Å². The van der Waals surface area contributed by atoms with E-state index in [0.717, 1.165) is 35.2 Å². The largest absolute Gasteiger partial charge is 0.409 e. The number of carbonyl (C=O) groups is 3. The summed E-state index contributed by atoms with van der Waals surface area (Å²) < 4.78 is 185. The first-order valence-corrected chi connectivity index (χ1v) is 35.9. The molecule has 24 nitrogen and oxygen atoms in total. The fraction of sp³-hybridized carbons (Fsp3) is 0.347. The van der Waals surface area contributed by atoms with Crippen LogP contribution in [0.1, 0.15) is 164 Å². The molecule has 10 aromatic rings. The molecule has 0 spiro atoms. The van der Waals surface area contributed by atoms with Crippen LogP contribution >= 0.6 is 0 Å². The van der Waals surface area contributed by atoms with Gasteiger partial charge in [0.05, 0.1) is 81.9 Å². The number of rotatable bonds is 17. The Hall–Kier alpha value is -12.0. The summed E-state index contributed by atoms with van der Waals surface area (Å²) in [7, 11) is 0. The number of amides is 3. The fourth-order valence-corrected chi connectivity index (χ4v) is 16.2. The average Bonchev–Trinajstić information content (AvgIpc) is 1.57. The highest BCUT2D eigenvalue weighted by molar-refractivity contribution is 6.07. The van der Waals surface area contributed by atoms with Crippen LogP contribution in [0.25, 0.3) is 28.6 Å². The smallest absolute Gasteiger partial charge is 0.319 e. The van der Waals surface area contributed by atoms with Crippen LogP contribution < -0.4 is 16.0 Å². The van der Waals surface area contributed by atoms with E-state index >= 15 is 26.3 Å². The van der Waals surface area contributed by atoms with E-state index in [-0.39, 0.29) is 114 Å². The van der Waals surface area contributed by atoms with Gasteiger partial charge in [0.15, 0.2) is 17.5 Å². The summed E-state index contributed by atoms with van der Waals surface area (Å²) in [5, 5.41) is 28.4. The molecule has 18 rings (SSSR count). The highest BCUT2D eigenvalue weighted by Crippen LogP contribution is 2.53. The molecule has 36 heteroatoms. The molecule has 5 fully saturated rings. The van der Waals surface area contributed by atoms with Crippen molar-refractivity contribution in [2.75, 3.05) is 16.0 Å². The topological polar surface area (TPSA) is 248 Å². The van der Waals surface area contributed by atoms with Gasteiger partial charge in [-0.1, -0.05) is 18.2 Å². The monoisotopic (exact) mass is 1530 g/mol. The zero-order chi connectivity index (χ0) is 77.2. The van der Waals surface area contributed by atoms with Crippen LogP contribution in [0.4, 0.5) is 70.1 Å². The summed E-state index contributed by atoms with van der Waals surface area (Å²) in [6.07, 6.45) is -3.53. The number of pyridine rings is 3. The Balaban J connectivity index is 0.548. The van der Waals surface area contributed by atoms with Gasteiger partial charge in [-0.05, 0) is 168 Å². The summed E-state index contributed by atoms with van der Waals surface area (Å²) in [4.78, 5) is 71.3. The summed E-state index contributed by atoms with van der Waals surface area (Å²) in [6.45, 7) is 4.94. The molecule has 111 heavy (non-hydrogen) atoms. The predicted octanol–water partition coefficient (Wildman–Crippen LogP) is 13.5. The molecule has 3 amide bonds. The lowest BCUT2D eigenvalue weighted by atomic mass is 10.1. The van der Waals surface area contributed by atoms with Gasteiger partial charge in [0.2, 0.25) is 0 Å². The molecule has 3 aliphatic carbocycles. The Bertz CT molecular complexity index is 5550. The van der Waals surface area contributed by atoms with Crippen LogP contribution in [0.3, 0.4) is 0 Å². The molecule has 7 aromatic heterocycles. The Morgan fingerprint density at radius 3 is 1.24 bits per heavy atom. The van der Waals surface area contributed by atoms with Gasteiger partial charge in [-0.15, -0.1) is 10.2 Å². The first-order valence-electron chi connectivity index (χ1n) is 35.9. The zero-order valence-electron chi connectivity index (χ0n) is 58.8. The second-order valence-electron chi connectivity index (χ2n) is 29.2. The number of nitrogens with zero attached hydrogens (tertiary/aromatic N) is 18. The van der Waals surface area contributed by atoms with Crippen LogP contribution in [0.15, 0.2) is 139 Å². The number of aromatic nitrogens is 12. The van der Waals surface area contributed by atoms with Crippen LogP contribution in [-0.4, -0.2) is 163 Å². The van der Waals surface area contributed by atoms with E-state index in [4.69, 9.17) is 10.2 Å². The lowest BCUT2D eigenvalue weighted by Gasteiger charge is -2.30. The van der Waals surface area contributed by atoms with Gasteiger partial charge < -0.3 is 39.5 Å². The third-order valence-corrected chi connectivity index (χ3v) is 21.9. The van der Waals surface area contributed by atoms with Gasteiger partial charge in [-0.3, -0.25) is 29.0 Å². The molecule has 570 valence electrons. The molecule has 2 saturated heterocycles. The number of anilines is 3. The number of aryl methyl sites for hydroxylation is 4. The summed E-state index contributed by atoms with van der Waals surface area (Å²) in [5.74, 6) is -6.13. The number of hydrogen-bond donors (Lipinski definition) is 3. The quantitative estimate of drug-likeness (QED) is 0.0717. The first-order chi connectivity index (χ1) is 53.1. The van der Waals surface area contributed by atoms with Crippen LogP contribution in [-0.2, 0) is 6.42 Å². The number of hydrazone groups is 2. The third-order valence-electron chi connectivity index (χ3n) is 21.9. The van der Waals surface area contributed by atoms with Crippen LogP contribution in [0.2, 0.25) is 0 Å². The van der Waals surface area contributed by atoms with E-state index in [1.54, 1.807) is 63.2 Å². The Morgan fingerprint density at radius 1 is 0.450 bits per heavy atom.